The van der Waals surface area contributed by atoms with Crippen LogP contribution < -0.4 is 9.80 Å². The van der Waals surface area contributed by atoms with E-state index in [2.05, 4.69) is 283 Å². The monoisotopic (exact) mass is 906 g/mol. The summed E-state index contributed by atoms with van der Waals surface area (Å²) in [7, 11) is 0. The topological polar surface area (TPSA) is 19.6 Å². The summed E-state index contributed by atoms with van der Waals surface area (Å²) in [5.74, 6) is 0. The number of nitrogens with zero attached hydrogens (tertiary/aromatic N) is 2. The Morgan fingerprint density at radius 2 is 0.662 bits per heavy atom. The Kier molecular flexibility index (Phi) is 9.33. The van der Waals surface area contributed by atoms with E-state index in [0.29, 0.717) is 0 Å². The lowest BCUT2D eigenvalue weighted by molar-refractivity contribution is 0.623. The highest BCUT2D eigenvalue weighted by Crippen LogP contribution is 2.65. The Labute approximate surface area is 413 Å². The van der Waals surface area contributed by atoms with Gasteiger partial charge in [-0.25, -0.2) is 0 Å². The summed E-state index contributed by atoms with van der Waals surface area (Å²) in [6, 6.07) is 102. The molecule has 12 aromatic rings. The molecule has 0 aliphatic heterocycles. The molecule has 2 aliphatic rings. The first-order valence-electron chi connectivity index (χ1n) is 24.5. The minimum atomic E-state index is -0.760. The molecule has 0 N–H and O–H groups in total. The Bertz CT molecular complexity index is 3810. The second-order valence-electron chi connectivity index (χ2n) is 18.7. The molecule has 14 rings (SSSR count). The molecule has 0 unspecified atom stereocenters. The molecule has 334 valence electrons. The van der Waals surface area contributed by atoms with Crippen LogP contribution in [-0.4, -0.2) is 0 Å². The third kappa shape index (κ3) is 5.97. The van der Waals surface area contributed by atoms with Gasteiger partial charge in [-0.15, -0.1) is 0 Å². The highest BCUT2D eigenvalue weighted by atomic mass is 16.3. The van der Waals surface area contributed by atoms with Gasteiger partial charge in [-0.1, -0.05) is 206 Å². The van der Waals surface area contributed by atoms with Crippen LogP contribution >= 0.6 is 0 Å². The first-order chi connectivity index (χ1) is 35.2. The summed E-state index contributed by atoms with van der Waals surface area (Å²) in [5, 5.41) is 2.19. The highest BCUT2D eigenvalue weighted by molar-refractivity contribution is 6.10. The molecule has 0 radical (unpaired) electrons. The minimum absolute atomic E-state index is 0.633. The molecule has 0 fully saturated rings. The van der Waals surface area contributed by atoms with E-state index in [1.165, 1.54) is 55.6 Å². The molecule has 0 saturated carbocycles. The number of para-hydroxylation sites is 5. The van der Waals surface area contributed by atoms with Crippen molar-refractivity contribution in [1.82, 2.24) is 0 Å². The number of furan rings is 1. The van der Waals surface area contributed by atoms with Gasteiger partial charge in [0.2, 0.25) is 0 Å². The van der Waals surface area contributed by atoms with Gasteiger partial charge in [0.05, 0.1) is 16.5 Å². The van der Waals surface area contributed by atoms with Crippen LogP contribution in [0.5, 0.6) is 0 Å². The number of hydrogen-bond donors (Lipinski definition) is 0. The predicted molar refractivity (Wildman–Crippen MR) is 292 cm³/mol. The molecule has 2 aliphatic carbocycles. The number of fused-ring (bicyclic) bond motifs is 12. The zero-order chi connectivity index (χ0) is 46.9. The molecule has 0 amide bonds. The zero-order valence-electron chi connectivity index (χ0n) is 38.9. The number of anilines is 6. The van der Waals surface area contributed by atoms with E-state index in [4.69, 9.17) is 4.42 Å². The first-order valence-corrected chi connectivity index (χ1v) is 24.5. The molecule has 0 saturated heterocycles. The summed E-state index contributed by atoms with van der Waals surface area (Å²) in [5.41, 5.74) is 19.1. The van der Waals surface area contributed by atoms with Gasteiger partial charge in [0, 0.05) is 39.2 Å². The largest absolute Gasteiger partial charge is 0.454 e. The van der Waals surface area contributed by atoms with Crippen LogP contribution in [0, 0.1) is 0 Å². The second kappa shape index (κ2) is 16.2. The van der Waals surface area contributed by atoms with E-state index in [9.17, 15) is 0 Å². The van der Waals surface area contributed by atoms with E-state index >= 15 is 0 Å². The van der Waals surface area contributed by atoms with Crippen LogP contribution in [0.4, 0.5) is 34.1 Å². The Morgan fingerprint density at radius 3 is 1.17 bits per heavy atom. The van der Waals surface area contributed by atoms with Crippen molar-refractivity contribution in [2.45, 2.75) is 10.8 Å². The van der Waals surface area contributed by atoms with Crippen molar-refractivity contribution in [3.63, 3.8) is 0 Å². The van der Waals surface area contributed by atoms with Gasteiger partial charge in [-0.2, -0.15) is 0 Å². The number of benzene rings is 11. The van der Waals surface area contributed by atoms with Crippen molar-refractivity contribution in [2.75, 3.05) is 9.80 Å². The molecule has 11 aromatic carbocycles. The van der Waals surface area contributed by atoms with Crippen molar-refractivity contribution in [3.8, 4) is 11.1 Å². The smallest absolute Gasteiger partial charge is 0.159 e. The maximum absolute atomic E-state index is 6.82. The molecule has 1 aromatic heterocycles. The standard InChI is InChI=1S/C68H46N2O/c1-6-23-47(24-7-1)67(48-25-8-2-9-26-48)58-35-17-19-37-60(58)68(61-38-20-18-36-59(61)67)62-45-52(69(49-27-10-3-11-28-49)50-29-12-4-13-30-50)41-43-54(62)55-44-42-53(46-63(55)68)70(51-31-14-5-15-32-51)64-39-22-34-57-56-33-16-21-40-65(56)71-66(57)64/h1-46H. The van der Waals surface area contributed by atoms with Crippen LogP contribution in [0.15, 0.2) is 283 Å². The molecule has 0 bridgehead atoms. The Balaban J connectivity index is 1.10. The van der Waals surface area contributed by atoms with Crippen LogP contribution in [0.3, 0.4) is 0 Å². The molecule has 1 spiro atoms. The third-order valence-electron chi connectivity index (χ3n) is 15.2. The molecular weight excluding hydrogens is 861 g/mol. The van der Waals surface area contributed by atoms with Crippen molar-refractivity contribution in [1.29, 1.82) is 0 Å². The maximum atomic E-state index is 6.82. The maximum Gasteiger partial charge on any atom is 0.159 e. The van der Waals surface area contributed by atoms with E-state index < -0.39 is 10.8 Å². The summed E-state index contributed by atoms with van der Waals surface area (Å²) >= 11 is 0. The van der Waals surface area contributed by atoms with Crippen LogP contribution in [0.1, 0.15) is 44.5 Å². The van der Waals surface area contributed by atoms with Gasteiger partial charge in [0.25, 0.3) is 0 Å². The molecule has 0 atom stereocenters. The molecule has 71 heavy (non-hydrogen) atoms. The lowest BCUT2D eigenvalue weighted by Crippen LogP contribution is -2.44. The average molecular weight is 907 g/mol. The van der Waals surface area contributed by atoms with Gasteiger partial charge in [0.15, 0.2) is 5.58 Å². The van der Waals surface area contributed by atoms with Gasteiger partial charge in [-0.3, -0.25) is 0 Å². The van der Waals surface area contributed by atoms with Crippen molar-refractivity contribution < 1.29 is 4.42 Å². The van der Waals surface area contributed by atoms with Crippen LogP contribution in [0.2, 0.25) is 0 Å². The lowest BCUT2D eigenvalue weighted by atomic mass is 9.51. The quantitative estimate of drug-likeness (QED) is 0.151. The van der Waals surface area contributed by atoms with Crippen molar-refractivity contribution in [3.05, 3.63) is 324 Å². The van der Waals surface area contributed by atoms with E-state index in [-0.39, 0.29) is 0 Å². The van der Waals surface area contributed by atoms with E-state index in [1.807, 2.05) is 6.07 Å². The van der Waals surface area contributed by atoms with Crippen LogP contribution in [-0.2, 0) is 10.8 Å². The Morgan fingerprint density at radius 1 is 0.268 bits per heavy atom. The lowest BCUT2D eigenvalue weighted by Gasteiger charge is -2.50. The van der Waals surface area contributed by atoms with E-state index in [0.717, 1.165) is 56.1 Å². The molecule has 3 nitrogen and oxygen atoms in total. The van der Waals surface area contributed by atoms with Gasteiger partial charge in [0.1, 0.15) is 5.58 Å². The zero-order valence-corrected chi connectivity index (χ0v) is 38.9. The third-order valence-corrected chi connectivity index (χ3v) is 15.2. The average Bonchev–Trinajstić information content (AvgIpc) is 3.97. The fraction of sp³-hybridized carbons (Fsp3) is 0.0294. The summed E-state index contributed by atoms with van der Waals surface area (Å²) in [4.78, 5) is 4.78. The van der Waals surface area contributed by atoms with Crippen LogP contribution in [0.25, 0.3) is 33.1 Å². The molecular formula is C68H46N2O. The second-order valence-corrected chi connectivity index (χ2v) is 18.7. The minimum Gasteiger partial charge on any atom is -0.454 e. The highest BCUT2D eigenvalue weighted by Gasteiger charge is 2.57. The van der Waals surface area contributed by atoms with Gasteiger partial charge in [-0.05, 0) is 128 Å². The summed E-state index contributed by atoms with van der Waals surface area (Å²) in [6.45, 7) is 0. The van der Waals surface area contributed by atoms with E-state index in [1.54, 1.807) is 0 Å². The van der Waals surface area contributed by atoms with Gasteiger partial charge < -0.3 is 14.2 Å². The van der Waals surface area contributed by atoms with Gasteiger partial charge >= 0.3 is 0 Å². The Hall–Kier alpha value is -9.18. The summed E-state index contributed by atoms with van der Waals surface area (Å²) < 4.78 is 6.82. The van der Waals surface area contributed by atoms with Crippen molar-refractivity contribution in [2.24, 2.45) is 0 Å². The predicted octanol–water partition coefficient (Wildman–Crippen LogP) is 17.6. The first kappa shape index (κ1) is 40.8. The SMILES string of the molecule is c1ccc(N(c2ccccc2)c2ccc3c(c2)C2(c4cc(N(c5ccccc5)c5cccc6c5oc5ccccc56)ccc4-3)c3ccccc3C(c3ccccc3)(c3ccccc3)c3ccccc32)cc1. The summed E-state index contributed by atoms with van der Waals surface area (Å²) in [6.07, 6.45) is 0. The normalized spacial score (nSPS) is 13.6. The molecule has 3 heteroatoms. The molecule has 1 heterocycles. The number of rotatable bonds is 8. The fourth-order valence-electron chi connectivity index (χ4n) is 12.4. The number of hydrogen-bond acceptors (Lipinski definition) is 3. The fourth-order valence-corrected chi connectivity index (χ4v) is 12.4. The van der Waals surface area contributed by atoms with Crippen molar-refractivity contribution >= 4 is 56.1 Å².